The second-order valence-corrected chi connectivity index (χ2v) is 6.04. The van der Waals surface area contributed by atoms with Crippen molar-refractivity contribution in [3.63, 3.8) is 0 Å². The zero-order valence-corrected chi connectivity index (χ0v) is 13.0. The summed E-state index contributed by atoms with van der Waals surface area (Å²) in [4.78, 5) is 1.46. The maximum absolute atomic E-state index is 5.98. The van der Waals surface area contributed by atoms with E-state index in [1.807, 2.05) is 24.5 Å². The third-order valence-corrected chi connectivity index (χ3v) is 3.57. The van der Waals surface area contributed by atoms with E-state index in [4.69, 9.17) is 22.7 Å². The van der Waals surface area contributed by atoms with E-state index in [1.165, 1.54) is 0 Å². The molecule has 4 heteroatoms. The lowest BCUT2D eigenvalue weighted by Gasteiger charge is -2.19. The van der Waals surface area contributed by atoms with E-state index < -0.39 is 0 Å². The quantitative estimate of drug-likeness (QED) is 0.635. The van der Waals surface area contributed by atoms with Gasteiger partial charge in [0.1, 0.15) is 10.7 Å². The van der Waals surface area contributed by atoms with Crippen LogP contribution in [0.1, 0.15) is 32.8 Å². The van der Waals surface area contributed by atoms with Crippen LogP contribution in [0, 0.1) is 5.92 Å². The Bertz CT molecular complexity index is 418. The van der Waals surface area contributed by atoms with Gasteiger partial charge in [0.2, 0.25) is 0 Å². The molecule has 1 aromatic carbocycles. The molecule has 1 aromatic rings. The van der Waals surface area contributed by atoms with Crippen molar-refractivity contribution in [2.24, 2.45) is 11.7 Å². The van der Waals surface area contributed by atoms with Crippen LogP contribution in [0.5, 0.6) is 5.75 Å². The smallest absolute Gasteiger partial charge is 0.131 e. The Morgan fingerprint density at radius 3 is 2.56 bits per heavy atom. The maximum Gasteiger partial charge on any atom is 0.131 e. The highest BCUT2D eigenvalue weighted by Gasteiger charge is 2.14. The van der Waals surface area contributed by atoms with Gasteiger partial charge < -0.3 is 10.5 Å². The van der Waals surface area contributed by atoms with E-state index in [9.17, 15) is 0 Å². The molecule has 18 heavy (non-hydrogen) atoms. The van der Waals surface area contributed by atoms with E-state index in [1.54, 1.807) is 11.8 Å². The molecule has 0 saturated carbocycles. The lowest BCUT2D eigenvalue weighted by Crippen LogP contribution is -2.18. The van der Waals surface area contributed by atoms with Crippen molar-refractivity contribution >= 4 is 29.0 Å². The van der Waals surface area contributed by atoms with Crippen LogP contribution in [0.25, 0.3) is 0 Å². The fraction of sp³-hybridized carbons (Fsp3) is 0.500. The van der Waals surface area contributed by atoms with Gasteiger partial charge in [-0.3, -0.25) is 0 Å². The fourth-order valence-electron chi connectivity index (χ4n) is 1.95. The molecule has 0 amide bonds. The summed E-state index contributed by atoms with van der Waals surface area (Å²) in [5.74, 6) is 1.40. The molecule has 1 rings (SSSR count). The summed E-state index contributed by atoms with van der Waals surface area (Å²) in [6.45, 7) is 6.45. The zero-order valence-electron chi connectivity index (χ0n) is 11.4. The van der Waals surface area contributed by atoms with Crippen molar-refractivity contribution < 1.29 is 4.74 Å². The minimum atomic E-state index is 0.162. The maximum atomic E-state index is 5.98. The van der Waals surface area contributed by atoms with Crippen LogP contribution < -0.4 is 10.5 Å². The molecule has 1 atom stereocenters. The largest absolute Gasteiger partial charge is 0.490 e. The van der Waals surface area contributed by atoms with Gasteiger partial charge in [0.25, 0.3) is 0 Å². The molecule has 0 bridgehead atoms. The molecule has 0 spiro atoms. The van der Waals surface area contributed by atoms with Crippen molar-refractivity contribution in [2.75, 3.05) is 6.26 Å². The zero-order chi connectivity index (χ0) is 13.7. The first kappa shape index (κ1) is 15.3. The van der Waals surface area contributed by atoms with Crippen molar-refractivity contribution in [2.45, 2.75) is 38.2 Å². The molecule has 0 radical (unpaired) electrons. The number of nitrogens with two attached hydrogens (primary N) is 1. The molecule has 0 aliphatic heterocycles. The highest BCUT2D eigenvalue weighted by atomic mass is 32.2. The van der Waals surface area contributed by atoms with Crippen molar-refractivity contribution in [3.8, 4) is 5.75 Å². The van der Waals surface area contributed by atoms with E-state index >= 15 is 0 Å². The van der Waals surface area contributed by atoms with Crippen molar-refractivity contribution in [1.29, 1.82) is 0 Å². The molecule has 1 unspecified atom stereocenters. The normalized spacial score (nSPS) is 12.5. The summed E-state index contributed by atoms with van der Waals surface area (Å²) in [5.41, 5.74) is 6.66. The van der Waals surface area contributed by atoms with Gasteiger partial charge in [0.05, 0.1) is 11.7 Å². The Morgan fingerprint density at radius 1 is 1.39 bits per heavy atom. The third-order valence-electron chi connectivity index (χ3n) is 2.59. The average Bonchev–Trinajstić information content (AvgIpc) is 2.26. The van der Waals surface area contributed by atoms with Crippen LogP contribution in [0.15, 0.2) is 23.1 Å². The van der Waals surface area contributed by atoms with Gasteiger partial charge in [-0.2, -0.15) is 0 Å². The molecule has 2 N–H and O–H groups in total. The van der Waals surface area contributed by atoms with Gasteiger partial charge >= 0.3 is 0 Å². The number of benzene rings is 1. The number of rotatable bonds is 6. The van der Waals surface area contributed by atoms with Crippen LogP contribution in [0.2, 0.25) is 0 Å². The summed E-state index contributed by atoms with van der Waals surface area (Å²) in [6.07, 6.45) is 3.19. The molecule has 100 valence electrons. The van der Waals surface area contributed by atoms with Crippen LogP contribution >= 0.6 is 24.0 Å². The molecule has 0 heterocycles. The second-order valence-electron chi connectivity index (χ2n) is 4.76. The van der Waals surface area contributed by atoms with E-state index in [-0.39, 0.29) is 6.10 Å². The highest BCUT2D eigenvalue weighted by molar-refractivity contribution is 7.98. The Hall–Kier alpha value is -0.740. The van der Waals surface area contributed by atoms with E-state index in [2.05, 4.69) is 20.8 Å². The molecule has 0 fully saturated rings. The Balaban J connectivity index is 2.98. The molecule has 0 saturated heterocycles. The fourth-order valence-corrected chi connectivity index (χ4v) is 2.86. The van der Waals surface area contributed by atoms with Crippen LogP contribution in [-0.4, -0.2) is 17.3 Å². The van der Waals surface area contributed by atoms with Gasteiger partial charge in [-0.1, -0.05) is 32.1 Å². The van der Waals surface area contributed by atoms with Crippen LogP contribution in [0.3, 0.4) is 0 Å². The highest BCUT2D eigenvalue weighted by Crippen LogP contribution is 2.30. The Morgan fingerprint density at radius 2 is 2.06 bits per heavy atom. The van der Waals surface area contributed by atoms with Crippen molar-refractivity contribution in [3.05, 3.63) is 23.8 Å². The average molecular weight is 283 g/mol. The summed E-state index contributed by atoms with van der Waals surface area (Å²) in [7, 11) is 0. The Kier molecular flexibility index (Phi) is 5.96. The predicted octanol–water partition coefficient (Wildman–Crippen LogP) is 3.86. The molecule has 0 aromatic heterocycles. The third kappa shape index (κ3) is 4.18. The minimum Gasteiger partial charge on any atom is -0.490 e. The van der Waals surface area contributed by atoms with Gasteiger partial charge in [-0.25, -0.2) is 0 Å². The van der Waals surface area contributed by atoms with E-state index in [0.29, 0.717) is 10.9 Å². The molecule has 2 nitrogen and oxygen atoms in total. The van der Waals surface area contributed by atoms with Crippen LogP contribution in [0.4, 0.5) is 0 Å². The first-order valence-electron chi connectivity index (χ1n) is 6.09. The number of hydrogen-bond acceptors (Lipinski definition) is 3. The molecular formula is C14H21NOS2. The summed E-state index contributed by atoms with van der Waals surface area (Å²) >= 11 is 6.76. The second kappa shape index (κ2) is 7.00. The van der Waals surface area contributed by atoms with Gasteiger partial charge in [-0.05, 0) is 37.7 Å². The Labute approximate surface area is 119 Å². The molecule has 0 aliphatic carbocycles. The first-order chi connectivity index (χ1) is 8.45. The lowest BCUT2D eigenvalue weighted by molar-refractivity contribution is 0.192. The van der Waals surface area contributed by atoms with E-state index in [0.717, 1.165) is 22.6 Å². The summed E-state index contributed by atoms with van der Waals surface area (Å²) in [6, 6.07) is 5.93. The SMILES string of the molecule is CSc1cccc(OC(C)CC(C)C)c1C(N)=S. The predicted molar refractivity (Wildman–Crippen MR) is 83.7 cm³/mol. The summed E-state index contributed by atoms with van der Waals surface area (Å²) in [5, 5.41) is 0. The molecule has 0 aliphatic rings. The van der Waals surface area contributed by atoms with Crippen LogP contribution in [-0.2, 0) is 0 Å². The molecular weight excluding hydrogens is 262 g/mol. The number of thioether (sulfide) groups is 1. The number of hydrogen-bond donors (Lipinski definition) is 1. The summed E-state index contributed by atoms with van der Waals surface area (Å²) < 4.78 is 5.98. The first-order valence-corrected chi connectivity index (χ1v) is 7.72. The van der Waals surface area contributed by atoms with Gasteiger partial charge in [0, 0.05) is 4.90 Å². The standard InChI is InChI=1S/C14H21NOS2/c1-9(2)8-10(3)16-11-6-5-7-12(18-4)13(11)14(15)17/h5-7,9-10H,8H2,1-4H3,(H2,15,17). The monoisotopic (exact) mass is 283 g/mol. The lowest BCUT2D eigenvalue weighted by atomic mass is 10.1. The number of thiocarbonyl (C=S) groups is 1. The topological polar surface area (TPSA) is 35.2 Å². The minimum absolute atomic E-state index is 0.162. The van der Waals surface area contributed by atoms with Crippen molar-refractivity contribution in [1.82, 2.24) is 0 Å². The van der Waals surface area contributed by atoms with Gasteiger partial charge in [-0.15, -0.1) is 11.8 Å². The van der Waals surface area contributed by atoms with Gasteiger partial charge in [0.15, 0.2) is 0 Å². The number of ether oxygens (including phenoxy) is 1.